The molecule has 1 aromatic carbocycles. The molecule has 28 heavy (non-hydrogen) atoms. The van der Waals surface area contributed by atoms with Gasteiger partial charge in [0.25, 0.3) is 0 Å². The minimum atomic E-state index is -0.357. The Morgan fingerprint density at radius 3 is 2.57 bits per heavy atom. The number of hydrogen-bond acceptors (Lipinski definition) is 3. The van der Waals surface area contributed by atoms with Gasteiger partial charge in [0.05, 0.1) is 13.2 Å². The fraction of sp³-hybridized carbons (Fsp3) is 0.560. The molecule has 0 saturated heterocycles. The van der Waals surface area contributed by atoms with Gasteiger partial charge in [0.1, 0.15) is 0 Å². The van der Waals surface area contributed by atoms with Crippen molar-refractivity contribution in [2.45, 2.75) is 83.7 Å². The van der Waals surface area contributed by atoms with E-state index in [4.69, 9.17) is 0 Å². The number of aliphatic hydroxyl groups excluding tert-OH is 1. The molecule has 0 spiro atoms. The predicted molar refractivity (Wildman–Crippen MR) is 118 cm³/mol. The van der Waals surface area contributed by atoms with Crippen LogP contribution in [-0.2, 0) is 16.0 Å². The van der Waals surface area contributed by atoms with Crippen LogP contribution < -0.4 is 0 Å². The lowest BCUT2D eigenvalue weighted by Crippen LogP contribution is -2.01. The Kier molecular flexibility index (Phi) is 13.9. The molecule has 0 bridgehead atoms. The smallest absolute Gasteiger partial charge is 0.305 e. The molecule has 0 aromatic heterocycles. The number of benzene rings is 1. The van der Waals surface area contributed by atoms with E-state index in [1.165, 1.54) is 50.3 Å². The summed E-state index contributed by atoms with van der Waals surface area (Å²) in [5.74, 6) is -0.141. The van der Waals surface area contributed by atoms with Crippen molar-refractivity contribution >= 4 is 12.0 Å². The van der Waals surface area contributed by atoms with Gasteiger partial charge in [-0.15, -0.1) is 0 Å². The first-order valence-corrected chi connectivity index (χ1v) is 10.8. The van der Waals surface area contributed by atoms with Crippen molar-refractivity contribution in [3.8, 4) is 0 Å². The normalized spacial score (nSPS) is 12.7. The van der Waals surface area contributed by atoms with Crippen LogP contribution in [0.2, 0.25) is 0 Å². The number of carbonyl (C=O) groups excluding carboxylic acids is 1. The topological polar surface area (TPSA) is 46.5 Å². The molecule has 156 valence electrons. The van der Waals surface area contributed by atoms with Crippen LogP contribution in [0.25, 0.3) is 6.08 Å². The summed E-state index contributed by atoms with van der Waals surface area (Å²) in [6.07, 6.45) is 19.1. The number of allylic oxidation sites excluding steroid dienone is 2. The predicted octanol–water partition coefficient (Wildman–Crippen LogP) is 6.25. The number of aryl methyl sites for hydroxylation is 1. The van der Waals surface area contributed by atoms with Crippen molar-refractivity contribution < 1.29 is 14.6 Å². The largest absolute Gasteiger partial charge is 0.469 e. The molecule has 0 heterocycles. The molecule has 0 aliphatic rings. The van der Waals surface area contributed by atoms with E-state index in [2.05, 4.69) is 29.9 Å². The Morgan fingerprint density at radius 2 is 1.79 bits per heavy atom. The molecule has 0 saturated carbocycles. The molecule has 1 unspecified atom stereocenters. The maximum Gasteiger partial charge on any atom is 0.305 e. The molecule has 1 rings (SSSR count). The third kappa shape index (κ3) is 11.8. The third-order valence-corrected chi connectivity index (χ3v) is 4.93. The van der Waals surface area contributed by atoms with Gasteiger partial charge in [0.15, 0.2) is 0 Å². The highest BCUT2D eigenvalue weighted by Crippen LogP contribution is 2.15. The summed E-state index contributed by atoms with van der Waals surface area (Å²) >= 11 is 0. The van der Waals surface area contributed by atoms with Gasteiger partial charge < -0.3 is 9.84 Å². The number of carbonyl (C=O) groups is 1. The second kappa shape index (κ2) is 16.1. The fourth-order valence-electron chi connectivity index (χ4n) is 3.19. The highest BCUT2D eigenvalue weighted by atomic mass is 16.5. The van der Waals surface area contributed by atoms with Crippen molar-refractivity contribution in [2.75, 3.05) is 7.11 Å². The van der Waals surface area contributed by atoms with Crippen molar-refractivity contribution in [1.82, 2.24) is 0 Å². The van der Waals surface area contributed by atoms with Gasteiger partial charge >= 0.3 is 5.97 Å². The summed E-state index contributed by atoms with van der Waals surface area (Å²) in [6.45, 7) is 2.23. The van der Waals surface area contributed by atoms with Crippen LogP contribution in [0.1, 0.15) is 82.3 Å². The van der Waals surface area contributed by atoms with Crippen molar-refractivity contribution in [1.29, 1.82) is 0 Å². The number of methoxy groups -OCH3 is 1. The lowest BCUT2D eigenvalue weighted by Gasteiger charge is -2.06. The maximum absolute atomic E-state index is 11.2. The van der Waals surface area contributed by atoms with Gasteiger partial charge in [-0.25, -0.2) is 0 Å². The van der Waals surface area contributed by atoms with E-state index in [9.17, 15) is 9.90 Å². The Morgan fingerprint density at radius 1 is 1.04 bits per heavy atom. The van der Waals surface area contributed by atoms with Gasteiger partial charge in [-0.05, 0) is 36.8 Å². The lowest BCUT2D eigenvalue weighted by atomic mass is 10.0. The molecular formula is C25H38O3. The highest BCUT2D eigenvalue weighted by Gasteiger charge is 2.02. The van der Waals surface area contributed by atoms with Crippen LogP contribution in [0.4, 0.5) is 0 Å². The van der Waals surface area contributed by atoms with Crippen LogP contribution >= 0.6 is 0 Å². The van der Waals surface area contributed by atoms with E-state index in [0.29, 0.717) is 6.42 Å². The average Bonchev–Trinajstić information content (AvgIpc) is 2.71. The monoisotopic (exact) mass is 386 g/mol. The zero-order valence-corrected chi connectivity index (χ0v) is 17.7. The van der Waals surface area contributed by atoms with E-state index < -0.39 is 0 Å². The van der Waals surface area contributed by atoms with Crippen LogP contribution in [0.3, 0.4) is 0 Å². The first-order valence-electron chi connectivity index (χ1n) is 10.8. The van der Waals surface area contributed by atoms with Crippen LogP contribution in [0, 0.1) is 0 Å². The Bertz CT molecular complexity index is 589. The molecule has 0 amide bonds. The van der Waals surface area contributed by atoms with Crippen LogP contribution in [0.15, 0.2) is 42.5 Å². The number of rotatable bonds is 15. The van der Waals surface area contributed by atoms with E-state index in [1.54, 1.807) is 0 Å². The second-order valence-electron chi connectivity index (χ2n) is 7.35. The summed E-state index contributed by atoms with van der Waals surface area (Å²) in [5, 5.41) is 10.1. The van der Waals surface area contributed by atoms with E-state index >= 15 is 0 Å². The highest BCUT2D eigenvalue weighted by molar-refractivity contribution is 5.69. The van der Waals surface area contributed by atoms with Crippen molar-refractivity contribution in [2.24, 2.45) is 0 Å². The molecule has 0 aliphatic heterocycles. The van der Waals surface area contributed by atoms with Gasteiger partial charge in [0.2, 0.25) is 0 Å². The quantitative estimate of drug-likeness (QED) is 0.220. The molecule has 0 radical (unpaired) electrons. The number of aliphatic hydroxyl groups is 1. The molecular weight excluding hydrogens is 348 g/mol. The first kappa shape index (κ1) is 24.2. The van der Waals surface area contributed by atoms with Gasteiger partial charge in [-0.3, -0.25) is 4.79 Å². The molecule has 3 nitrogen and oxygen atoms in total. The van der Waals surface area contributed by atoms with Gasteiger partial charge in [-0.2, -0.15) is 0 Å². The standard InChI is InChI=1S/C25H38O3/c1-3-4-5-6-7-8-19-24(26)20-13-11-17-22-15-9-10-16-23(22)18-12-14-21-25(27)28-2/h9-11,13,15-17,20,24,26H,3-8,12,14,18-19,21H2,1-2H3/b17-11+,20-13+. The molecule has 1 aromatic rings. The molecule has 1 N–H and O–H groups in total. The van der Waals surface area contributed by atoms with E-state index in [-0.39, 0.29) is 12.1 Å². The van der Waals surface area contributed by atoms with Crippen molar-refractivity contribution in [3.05, 3.63) is 53.6 Å². The van der Waals surface area contributed by atoms with E-state index in [0.717, 1.165) is 32.1 Å². The number of ether oxygens (including phenoxy) is 1. The SMILES string of the molecule is CCCCCCCCC(O)/C=C/C=C/c1ccccc1CCCCC(=O)OC. The second-order valence-corrected chi connectivity index (χ2v) is 7.35. The summed E-state index contributed by atoms with van der Waals surface area (Å²) in [7, 11) is 1.43. The zero-order valence-electron chi connectivity index (χ0n) is 17.7. The summed E-state index contributed by atoms with van der Waals surface area (Å²) in [4.78, 5) is 11.2. The summed E-state index contributed by atoms with van der Waals surface area (Å²) < 4.78 is 4.68. The van der Waals surface area contributed by atoms with E-state index in [1.807, 2.05) is 30.4 Å². The number of unbranched alkanes of at least 4 members (excludes halogenated alkanes) is 6. The van der Waals surface area contributed by atoms with Crippen LogP contribution in [-0.4, -0.2) is 24.3 Å². The lowest BCUT2D eigenvalue weighted by molar-refractivity contribution is -0.140. The molecule has 0 aliphatic carbocycles. The van der Waals surface area contributed by atoms with Crippen LogP contribution in [0.5, 0.6) is 0 Å². The Balaban J connectivity index is 2.34. The number of esters is 1. The Hall–Kier alpha value is -1.87. The number of hydrogen-bond donors (Lipinski definition) is 1. The zero-order chi connectivity index (χ0) is 20.5. The minimum absolute atomic E-state index is 0.141. The Labute approximate surface area is 171 Å². The molecule has 0 fully saturated rings. The first-order chi connectivity index (χ1) is 13.7. The fourth-order valence-corrected chi connectivity index (χ4v) is 3.19. The maximum atomic E-state index is 11.2. The molecule has 1 atom stereocenters. The minimum Gasteiger partial charge on any atom is -0.469 e. The average molecular weight is 387 g/mol. The summed E-state index contributed by atoms with van der Waals surface area (Å²) in [6, 6.07) is 8.32. The van der Waals surface area contributed by atoms with Crippen molar-refractivity contribution in [3.63, 3.8) is 0 Å². The van der Waals surface area contributed by atoms with Gasteiger partial charge in [0, 0.05) is 6.42 Å². The summed E-state index contributed by atoms with van der Waals surface area (Å²) in [5.41, 5.74) is 2.47. The van der Waals surface area contributed by atoms with Gasteiger partial charge in [-0.1, -0.05) is 94.0 Å². The molecule has 3 heteroatoms. The third-order valence-electron chi connectivity index (χ3n) is 4.93.